The molecule has 0 saturated carbocycles. The minimum absolute atomic E-state index is 1.17. The number of fused-ring (bicyclic) bond motifs is 1. The molecule has 0 N–H and O–H groups in total. The summed E-state index contributed by atoms with van der Waals surface area (Å²) in [6.07, 6.45) is 11.9. The molecule has 0 aliphatic rings. The summed E-state index contributed by atoms with van der Waals surface area (Å²) in [5, 5.41) is 1.36. The van der Waals surface area contributed by atoms with Crippen LogP contribution in [0.4, 0.5) is 0 Å². The number of hydrogen-bond donors (Lipinski definition) is 0. The maximum Gasteiger partial charge on any atom is 0.0480 e. The number of aryl methyl sites for hydroxylation is 1. The summed E-state index contributed by atoms with van der Waals surface area (Å²) in [5.41, 5.74) is 1.38. The summed E-state index contributed by atoms with van der Waals surface area (Å²) < 4.78 is 2.39. The van der Waals surface area contributed by atoms with Gasteiger partial charge >= 0.3 is 0 Å². The van der Waals surface area contributed by atoms with Crippen molar-refractivity contribution < 1.29 is 0 Å². The van der Waals surface area contributed by atoms with E-state index in [1.165, 1.54) is 62.4 Å². The molecule has 0 amide bonds. The van der Waals surface area contributed by atoms with Crippen LogP contribution in [-0.2, 0) is 6.54 Å². The SMILES string of the molecule is CCCCCCCCCn1ccc2ccccc21. The lowest BCUT2D eigenvalue weighted by atomic mass is 10.1. The first kappa shape index (κ1) is 13.2. The smallest absolute Gasteiger partial charge is 0.0480 e. The van der Waals surface area contributed by atoms with Gasteiger partial charge < -0.3 is 4.57 Å². The molecular weight excluding hydrogens is 218 g/mol. The summed E-state index contributed by atoms with van der Waals surface area (Å²) in [7, 11) is 0. The van der Waals surface area contributed by atoms with Crippen molar-refractivity contribution in [2.75, 3.05) is 0 Å². The normalized spacial score (nSPS) is 11.2. The molecule has 0 aliphatic heterocycles. The molecule has 18 heavy (non-hydrogen) atoms. The highest BCUT2D eigenvalue weighted by molar-refractivity contribution is 5.79. The van der Waals surface area contributed by atoms with Gasteiger partial charge in [0.1, 0.15) is 0 Å². The van der Waals surface area contributed by atoms with Crippen LogP contribution in [0.25, 0.3) is 10.9 Å². The summed E-state index contributed by atoms with van der Waals surface area (Å²) in [4.78, 5) is 0. The zero-order valence-corrected chi connectivity index (χ0v) is 11.6. The van der Waals surface area contributed by atoms with Crippen LogP contribution in [-0.4, -0.2) is 4.57 Å². The van der Waals surface area contributed by atoms with Crippen LogP contribution in [0.5, 0.6) is 0 Å². The highest BCUT2D eigenvalue weighted by Gasteiger charge is 1.99. The van der Waals surface area contributed by atoms with Crippen molar-refractivity contribution in [3.8, 4) is 0 Å². The van der Waals surface area contributed by atoms with Crippen LogP contribution in [0.1, 0.15) is 51.9 Å². The molecule has 2 rings (SSSR count). The van der Waals surface area contributed by atoms with Crippen molar-refractivity contribution in [3.63, 3.8) is 0 Å². The largest absolute Gasteiger partial charge is 0.347 e. The van der Waals surface area contributed by atoms with E-state index in [1.807, 2.05) is 0 Å². The summed E-state index contributed by atoms with van der Waals surface area (Å²) in [6, 6.07) is 10.9. The Hall–Kier alpha value is -1.24. The molecule has 0 aliphatic carbocycles. The van der Waals surface area contributed by atoms with Crippen molar-refractivity contribution in [3.05, 3.63) is 36.5 Å². The Morgan fingerprint density at radius 2 is 1.56 bits per heavy atom. The van der Waals surface area contributed by atoms with E-state index in [2.05, 4.69) is 48.0 Å². The second-order valence-corrected chi connectivity index (χ2v) is 5.19. The number of nitrogens with zero attached hydrogens (tertiary/aromatic N) is 1. The van der Waals surface area contributed by atoms with Gasteiger partial charge in [-0.05, 0) is 23.9 Å². The molecule has 0 fully saturated rings. The van der Waals surface area contributed by atoms with Crippen LogP contribution in [0.2, 0.25) is 0 Å². The van der Waals surface area contributed by atoms with Crippen molar-refractivity contribution in [1.29, 1.82) is 0 Å². The fraction of sp³-hybridized carbons (Fsp3) is 0.529. The minimum Gasteiger partial charge on any atom is -0.347 e. The lowest BCUT2D eigenvalue weighted by molar-refractivity contribution is 0.556. The maximum atomic E-state index is 2.39. The van der Waals surface area contributed by atoms with Crippen molar-refractivity contribution >= 4 is 10.9 Å². The van der Waals surface area contributed by atoms with Gasteiger partial charge in [-0.25, -0.2) is 0 Å². The number of para-hydroxylation sites is 1. The first-order chi connectivity index (χ1) is 8.92. The third kappa shape index (κ3) is 3.63. The maximum absolute atomic E-state index is 2.39. The molecule has 0 spiro atoms. The quantitative estimate of drug-likeness (QED) is 0.548. The first-order valence-corrected chi connectivity index (χ1v) is 7.45. The molecule has 2 aromatic rings. The van der Waals surface area contributed by atoms with E-state index in [0.717, 1.165) is 0 Å². The summed E-state index contributed by atoms with van der Waals surface area (Å²) in [5.74, 6) is 0. The topological polar surface area (TPSA) is 4.93 Å². The van der Waals surface area contributed by atoms with Crippen LogP contribution in [0, 0.1) is 0 Å². The van der Waals surface area contributed by atoms with Gasteiger partial charge in [-0.3, -0.25) is 0 Å². The van der Waals surface area contributed by atoms with E-state index in [-0.39, 0.29) is 0 Å². The lowest BCUT2D eigenvalue weighted by Crippen LogP contribution is -1.95. The Kier molecular flexibility index (Phi) is 5.32. The van der Waals surface area contributed by atoms with Gasteiger partial charge in [0.05, 0.1) is 0 Å². The van der Waals surface area contributed by atoms with E-state index in [4.69, 9.17) is 0 Å². The van der Waals surface area contributed by atoms with Crippen LogP contribution >= 0.6 is 0 Å². The standard InChI is InChI=1S/C17H25N/c1-2-3-4-5-6-7-10-14-18-15-13-16-11-8-9-12-17(16)18/h8-9,11-13,15H,2-7,10,14H2,1H3. The first-order valence-electron chi connectivity index (χ1n) is 7.45. The molecule has 1 heteroatoms. The monoisotopic (exact) mass is 243 g/mol. The number of unbranched alkanes of at least 4 members (excludes halogenated alkanes) is 6. The number of rotatable bonds is 8. The Balaban J connectivity index is 1.70. The Morgan fingerprint density at radius 3 is 2.39 bits per heavy atom. The van der Waals surface area contributed by atoms with Gasteiger partial charge in [0, 0.05) is 18.3 Å². The summed E-state index contributed by atoms with van der Waals surface area (Å²) >= 11 is 0. The lowest BCUT2D eigenvalue weighted by Gasteiger charge is -2.05. The second-order valence-electron chi connectivity index (χ2n) is 5.19. The zero-order chi connectivity index (χ0) is 12.6. The van der Waals surface area contributed by atoms with Crippen LogP contribution in [0.3, 0.4) is 0 Å². The molecule has 0 unspecified atom stereocenters. The van der Waals surface area contributed by atoms with E-state index < -0.39 is 0 Å². The van der Waals surface area contributed by atoms with Gasteiger partial charge in [-0.2, -0.15) is 0 Å². The van der Waals surface area contributed by atoms with Gasteiger partial charge in [0.2, 0.25) is 0 Å². The predicted octanol–water partition coefficient (Wildman–Crippen LogP) is 5.39. The van der Waals surface area contributed by atoms with E-state index in [9.17, 15) is 0 Å². The molecule has 1 aromatic heterocycles. The fourth-order valence-corrected chi connectivity index (χ4v) is 2.57. The molecule has 0 saturated heterocycles. The minimum atomic E-state index is 1.17. The number of aromatic nitrogens is 1. The van der Waals surface area contributed by atoms with Crippen molar-refractivity contribution in [1.82, 2.24) is 4.57 Å². The van der Waals surface area contributed by atoms with Crippen LogP contribution < -0.4 is 0 Å². The average molecular weight is 243 g/mol. The molecule has 0 bridgehead atoms. The zero-order valence-electron chi connectivity index (χ0n) is 11.6. The van der Waals surface area contributed by atoms with Gasteiger partial charge in [0.25, 0.3) is 0 Å². The Labute approximate surface area is 111 Å². The molecule has 1 heterocycles. The predicted molar refractivity (Wildman–Crippen MR) is 79.9 cm³/mol. The van der Waals surface area contributed by atoms with E-state index in [0.29, 0.717) is 0 Å². The fourth-order valence-electron chi connectivity index (χ4n) is 2.57. The van der Waals surface area contributed by atoms with Crippen LogP contribution in [0.15, 0.2) is 36.5 Å². The summed E-state index contributed by atoms with van der Waals surface area (Å²) in [6.45, 7) is 3.44. The highest BCUT2D eigenvalue weighted by atomic mass is 14.9. The van der Waals surface area contributed by atoms with Gasteiger partial charge in [0.15, 0.2) is 0 Å². The number of benzene rings is 1. The van der Waals surface area contributed by atoms with Gasteiger partial charge in [-0.1, -0.05) is 63.6 Å². The van der Waals surface area contributed by atoms with Gasteiger partial charge in [-0.15, -0.1) is 0 Å². The Bertz CT molecular complexity index is 455. The molecule has 1 nitrogen and oxygen atoms in total. The average Bonchev–Trinajstić information content (AvgIpc) is 2.81. The second kappa shape index (κ2) is 7.25. The van der Waals surface area contributed by atoms with E-state index in [1.54, 1.807) is 0 Å². The third-order valence-corrected chi connectivity index (χ3v) is 3.68. The third-order valence-electron chi connectivity index (χ3n) is 3.68. The molecule has 0 radical (unpaired) electrons. The molecule has 1 aromatic carbocycles. The number of hydrogen-bond acceptors (Lipinski definition) is 0. The molecular formula is C17H25N. The van der Waals surface area contributed by atoms with Crippen molar-refractivity contribution in [2.24, 2.45) is 0 Å². The highest BCUT2D eigenvalue weighted by Crippen LogP contribution is 2.16. The van der Waals surface area contributed by atoms with Crippen molar-refractivity contribution in [2.45, 2.75) is 58.4 Å². The molecule has 0 atom stereocenters. The molecule has 98 valence electrons. The van der Waals surface area contributed by atoms with E-state index >= 15 is 0 Å². The Morgan fingerprint density at radius 1 is 0.833 bits per heavy atom.